The maximum absolute atomic E-state index is 12.0. The minimum absolute atomic E-state index is 0.0250. The van der Waals surface area contributed by atoms with Gasteiger partial charge in [0.15, 0.2) is 0 Å². The number of thioether (sulfide) groups is 1. The lowest BCUT2D eigenvalue weighted by atomic mass is 10.2. The Labute approximate surface area is 115 Å². The van der Waals surface area contributed by atoms with E-state index in [9.17, 15) is 4.79 Å². The highest BCUT2D eigenvalue weighted by Gasteiger charge is 2.25. The molecule has 0 radical (unpaired) electrons. The van der Waals surface area contributed by atoms with Gasteiger partial charge in [-0.1, -0.05) is 19.4 Å². The molecular formula is C14H26N2OS. The smallest absolute Gasteiger partial charge is 0.237 e. The van der Waals surface area contributed by atoms with Crippen LogP contribution in [0, 0.1) is 0 Å². The molecule has 0 aliphatic carbocycles. The molecular weight excluding hydrogens is 244 g/mol. The van der Waals surface area contributed by atoms with E-state index in [1.807, 2.05) is 18.7 Å². The number of rotatable bonds is 6. The predicted octanol–water partition coefficient (Wildman–Crippen LogP) is 2.28. The number of nitrogens with zero attached hydrogens (tertiary/aromatic N) is 1. The summed E-state index contributed by atoms with van der Waals surface area (Å²) in [5.41, 5.74) is 0. The predicted molar refractivity (Wildman–Crippen MR) is 80.0 cm³/mol. The van der Waals surface area contributed by atoms with Crippen LogP contribution in [0.5, 0.6) is 0 Å². The molecule has 0 saturated carbocycles. The first-order valence-electron chi connectivity index (χ1n) is 6.93. The standard InChI is InChI=1S/C14H26N2OS/c1-4-9-15-14(17)12(3)16-10-7-6-8-13(11-16)18-5-2/h4,12-13H,1,5-11H2,2-3H3,(H,15,17)/t12-,13+/m0/s1. The Morgan fingerprint density at radius 3 is 3.06 bits per heavy atom. The molecule has 1 aliphatic rings. The molecule has 1 amide bonds. The first-order valence-corrected chi connectivity index (χ1v) is 7.98. The number of hydrogen-bond donors (Lipinski definition) is 1. The van der Waals surface area contributed by atoms with Gasteiger partial charge in [0, 0.05) is 18.3 Å². The molecule has 4 heteroatoms. The maximum Gasteiger partial charge on any atom is 0.237 e. The topological polar surface area (TPSA) is 32.3 Å². The zero-order chi connectivity index (χ0) is 13.4. The Bertz CT molecular complexity index is 271. The molecule has 0 aromatic carbocycles. The number of nitrogens with one attached hydrogen (secondary N) is 1. The zero-order valence-electron chi connectivity index (χ0n) is 11.7. The Morgan fingerprint density at radius 1 is 1.61 bits per heavy atom. The van der Waals surface area contributed by atoms with Gasteiger partial charge in [0.2, 0.25) is 5.91 Å². The Balaban J connectivity index is 2.50. The van der Waals surface area contributed by atoms with Gasteiger partial charge in [-0.2, -0.15) is 11.8 Å². The van der Waals surface area contributed by atoms with Gasteiger partial charge in [-0.15, -0.1) is 6.58 Å². The number of amides is 1. The molecule has 1 heterocycles. The molecule has 0 aromatic rings. The van der Waals surface area contributed by atoms with Gasteiger partial charge in [0.05, 0.1) is 6.04 Å². The SMILES string of the molecule is C=CCNC(=O)[C@H](C)N1CCCC[C@@H](SCC)C1. The fourth-order valence-corrected chi connectivity index (χ4v) is 3.44. The van der Waals surface area contributed by atoms with E-state index in [0.29, 0.717) is 11.8 Å². The molecule has 2 atom stereocenters. The van der Waals surface area contributed by atoms with Crippen molar-refractivity contribution in [1.82, 2.24) is 10.2 Å². The molecule has 18 heavy (non-hydrogen) atoms. The van der Waals surface area contributed by atoms with Crippen LogP contribution in [0.2, 0.25) is 0 Å². The van der Waals surface area contributed by atoms with Gasteiger partial charge in [0.25, 0.3) is 0 Å². The van der Waals surface area contributed by atoms with Gasteiger partial charge in [-0.3, -0.25) is 9.69 Å². The maximum atomic E-state index is 12.0. The highest BCUT2D eigenvalue weighted by molar-refractivity contribution is 7.99. The molecule has 0 aromatic heterocycles. The third kappa shape index (κ3) is 5.02. The average molecular weight is 270 g/mol. The van der Waals surface area contributed by atoms with E-state index in [4.69, 9.17) is 0 Å². The number of carbonyl (C=O) groups excluding carboxylic acids is 1. The molecule has 1 rings (SSSR count). The fraction of sp³-hybridized carbons (Fsp3) is 0.786. The Hall–Kier alpha value is -0.480. The van der Waals surface area contributed by atoms with E-state index in [1.165, 1.54) is 19.3 Å². The number of hydrogen-bond acceptors (Lipinski definition) is 3. The summed E-state index contributed by atoms with van der Waals surface area (Å²) in [6.07, 6.45) is 5.51. The van der Waals surface area contributed by atoms with E-state index >= 15 is 0 Å². The Kier molecular flexibility index (Phi) is 7.44. The fourth-order valence-electron chi connectivity index (χ4n) is 2.34. The minimum Gasteiger partial charge on any atom is -0.351 e. The van der Waals surface area contributed by atoms with Crippen molar-refractivity contribution in [2.24, 2.45) is 0 Å². The quantitative estimate of drug-likeness (QED) is 0.752. The summed E-state index contributed by atoms with van der Waals surface area (Å²) in [6, 6.07) is -0.0250. The largest absolute Gasteiger partial charge is 0.351 e. The molecule has 0 unspecified atom stereocenters. The summed E-state index contributed by atoms with van der Waals surface area (Å²) in [7, 11) is 0. The summed E-state index contributed by atoms with van der Waals surface area (Å²) in [5, 5.41) is 3.58. The minimum atomic E-state index is -0.0250. The van der Waals surface area contributed by atoms with Crippen molar-refractivity contribution in [1.29, 1.82) is 0 Å². The van der Waals surface area contributed by atoms with Crippen LogP contribution >= 0.6 is 11.8 Å². The van der Waals surface area contributed by atoms with Crippen LogP contribution in [0.4, 0.5) is 0 Å². The average Bonchev–Trinajstić information content (AvgIpc) is 2.61. The first kappa shape index (κ1) is 15.6. The Morgan fingerprint density at radius 2 is 2.39 bits per heavy atom. The van der Waals surface area contributed by atoms with E-state index in [2.05, 4.69) is 23.7 Å². The van der Waals surface area contributed by atoms with E-state index in [-0.39, 0.29) is 11.9 Å². The van der Waals surface area contributed by atoms with Gasteiger partial charge < -0.3 is 5.32 Å². The van der Waals surface area contributed by atoms with Crippen molar-refractivity contribution in [2.45, 2.75) is 44.4 Å². The monoisotopic (exact) mass is 270 g/mol. The third-order valence-corrected chi connectivity index (χ3v) is 4.60. The zero-order valence-corrected chi connectivity index (χ0v) is 12.5. The van der Waals surface area contributed by atoms with Crippen molar-refractivity contribution in [3.05, 3.63) is 12.7 Å². The highest BCUT2D eigenvalue weighted by Crippen LogP contribution is 2.23. The van der Waals surface area contributed by atoms with Crippen LogP contribution in [-0.4, -0.2) is 47.5 Å². The van der Waals surface area contributed by atoms with Gasteiger partial charge in [-0.25, -0.2) is 0 Å². The molecule has 0 spiro atoms. The molecule has 104 valence electrons. The van der Waals surface area contributed by atoms with Crippen LogP contribution in [-0.2, 0) is 4.79 Å². The second kappa shape index (κ2) is 8.59. The van der Waals surface area contributed by atoms with Crippen molar-refractivity contribution < 1.29 is 4.79 Å². The van der Waals surface area contributed by atoms with Crippen molar-refractivity contribution >= 4 is 17.7 Å². The number of likely N-dealkylation sites (tertiary alicyclic amines) is 1. The molecule has 1 aliphatic heterocycles. The first-order chi connectivity index (χ1) is 8.69. The lowest BCUT2D eigenvalue weighted by molar-refractivity contribution is -0.125. The summed E-state index contributed by atoms with van der Waals surface area (Å²) >= 11 is 2.03. The van der Waals surface area contributed by atoms with Crippen molar-refractivity contribution in [3.8, 4) is 0 Å². The van der Waals surface area contributed by atoms with Gasteiger partial charge >= 0.3 is 0 Å². The van der Waals surface area contributed by atoms with E-state index in [0.717, 1.165) is 18.8 Å². The molecule has 3 nitrogen and oxygen atoms in total. The van der Waals surface area contributed by atoms with Crippen LogP contribution in [0.15, 0.2) is 12.7 Å². The summed E-state index contributed by atoms with van der Waals surface area (Å²) in [5.74, 6) is 1.28. The number of carbonyl (C=O) groups is 1. The van der Waals surface area contributed by atoms with Crippen LogP contribution in [0.3, 0.4) is 0 Å². The van der Waals surface area contributed by atoms with Crippen molar-refractivity contribution in [2.75, 3.05) is 25.4 Å². The highest BCUT2D eigenvalue weighted by atomic mass is 32.2. The van der Waals surface area contributed by atoms with E-state index < -0.39 is 0 Å². The molecule has 1 saturated heterocycles. The third-order valence-electron chi connectivity index (χ3n) is 3.41. The molecule has 1 N–H and O–H groups in total. The van der Waals surface area contributed by atoms with Gasteiger partial charge in [0.1, 0.15) is 0 Å². The second-order valence-electron chi connectivity index (χ2n) is 4.78. The lowest BCUT2D eigenvalue weighted by Crippen LogP contribution is -2.47. The summed E-state index contributed by atoms with van der Waals surface area (Å²) in [6.45, 7) is 10.5. The van der Waals surface area contributed by atoms with Crippen LogP contribution in [0.25, 0.3) is 0 Å². The van der Waals surface area contributed by atoms with Gasteiger partial charge in [-0.05, 0) is 32.1 Å². The van der Waals surface area contributed by atoms with Crippen LogP contribution in [0.1, 0.15) is 33.1 Å². The lowest BCUT2D eigenvalue weighted by Gasteiger charge is -2.29. The normalized spacial score (nSPS) is 23.1. The second-order valence-corrected chi connectivity index (χ2v) is 6.36. The summed E-state index contributed by atoms with van der Waals surface area (Å²) < 4.78 is 0. The summed E-state index contributed by atoms with van der Waals surface area (Å²) in [4.78, 5) is 14.3. The van der Waals surface area contributed by atoms with E-state index in [1.54, 1.807) is 6.08 Å². The van der Waals surface area contributed by atoms with Crippen molar-refractivity contribution in [3.63, 3.8) is 0 Å². The molecule has 0 bridgehead atoms. The molecule has 1 fully saturated rings. The van der Waals surface area contributed by atoms with Crippen LogP contribution < -0.4 is 5.32 Å².